The van der Waals surface area contributed by atoms with Crippen molar-refractivity contribution >= 4 is 29.3 Å². The van der Waals surface area contributed by atoms with Gasteiger partial charge in [-0.15, -0.1) is 11.8 Å². The van der Waals surface area contributed by atoms with Crippen molar-refractivity contribution in [1.82, 2.24) is 5.32 Å². The van der Waals surface area contributed by atoms with Crippen LogP contribution in [0.5, 0.6) is 0 Å². The Labute approximate surface area is 158 Å². The summed E-state index contributed by atoms with van der Waals surface area (Å²) in [6.45, 7) is 2.96. The predicted octanol–water partition coefficient (Wildman–Crippen LogP) is 3.65. The van der Waals surface area contributed by atoms with Crippen LogP contribution < -0.4 is 10.2 Å². The minimum atomic E-state index is -0.0333. The highest BCUT2D eigenvalue weighted by molar-refractivity contribution is 8.01. The number of amides is 2. The number of hydrogen-bond donors (Lipinski definition) is 1. The largest absolute Gasteiger partial charge is 0.351 e. The van der Waals surface area contributed by atoms with Gasteiger partial charge in [0.15, 0.2) is 0 Å². The molecule has 2 aliphatic rings. The van der Waals surface area contributed by atoms with Crippen LogP contribution in [0.3, 0.4) is 0 Å². The first kappa shape index (κ1) is 17.2. The van der Waals surface area contributed by atoms with Crippen molar-refractivity contribution in [1.29, 1.82) is 0 Å². The number of fused-ring (bicyclic) bond motifs is 1. The summed E-state index contributed by atoms with van der Waals surface area (Å²) in [6, 6.07) is 16.0. The van der Waals surface area contributed by atoms with E-state index in [1.807, 2.05) is 48.2 Å². The lowest BCUT2D eigenvalue weighted by Crippen LogP contribution is -2.31. The number of carbonyl (C=O) groups is 2. The Hall–Kier alpha value is -2.27. The van der Waals surface area contributed by atoms with Crippen LogP contribution in [0, 0.1) is 0 Å². The van der Waals surface area contributed by atoms with Crippen molar-refractivity contribution in [2.75, 3.05) is 18.0 Å². The lowest BCUT2D eigenvalue weighted by atomic mass is 10.1. The van der Waals surface area contributed by atoms with Gasteiger partial charge in [0.2, 0.25) is 5.91 Å². The summed E-state index contributed by atoms with van der Waals surface area (Å²) < 4.78 is 0.138. The van der Waals surface area contributed by atoms with Gasteiger partial charge in [-0.2, -0.15) is 0 Å². The highest BCUT2D eigenvalue weighted by Crippen LogP contribution is 2.51. The second kappa shape index (κ2) is 6.80. The van der Waals surface area contributed by atoms with E-state index in [1.165, 1.54) is 4.90 Å². The Bertz CT molecular complexity index is 846. The predicted molar refractivity (Wildman–Crippen MR) is 105 cm³/mol. The molecule has 0 aromatic heterocycles. The number of rotatable bonds is 5. The lowest BCUT2D eigenvalue weighted by molar-refractivity contribution is -0.116. The monoisotopic (exact) mass is 366 g/mol. The third kappa shape index (κ3) is 3.49. The fourth-order valence-corrected chi connectivity index (χ4v) is 4.65. The molecule has 0 unspecified atom stereocenters. The molecule has 2 aromatic carbocycles. The highest BCUT2D eigenvalue weighted by atomic mass is 32.2. The molecular formula is C21H22N2O2S. The van der Waals surface area contributed by atoms with E-state index in [1.54, 1.807) is 11.8 Å². The molecule has 0 atom stereocenters. The number of nitrogens with zero attached hydrogens (tertiary/aromatic N) is 1. The molecule has 0 bridgehead atoms. The molecule has 1 N–H and O–H groups in total. The van der Waals surface area contributed by atoms with E-state index < -0.39 is 0 Å². The van der Waals surface area contributed by atoms with Crippen LogP contribution in [0.4, 0.5) is 5.69 Å². The van der Waals surface area contributed by atoms with E-state index in [-0.39, 0.29) is 16.6 Å². The van der Waals surface area contributed by atoms with Crippen molar-refractivity contribution in [3.8, 4) is 0 Å². The zero-order valence-corrected chi connectivity index (χ0v) is 15.6. The van der Waals surface area contributed by atoms with E-state index in [0.717, 1.165) is 30.5 Å². The molecule has 4 rings (SSSR count). The molecule has 2 amide bonds. The van der Waals surface area contributed by atoms with Crippen LogP contribution in [0.15, 0.2) is 53.4 Å². The number of anilines is 1. The quantitative estimate of drug-likeness (QED) is 0.879. The summed E-state index contributed by atoms with van der Waals surface area (Å²) in [5, 5.41) is 3.11. The van der Waals surface area contributed by atoms with Gasteiger partial charge in [-0.1, -0.05) is 18.2 Å². The second-order valence-electron chi connectivity index (χ2n) is 7.04. The van der Waals surface area contributed by atoms with E-state index in [2.05, 4.69) is 17.4 Å². The van der Waals surface area contributed by atoms with Crippen molar-refractivity contribution in [2.45, 2.75) is 35.8 Å². The topological polar surface area (TPSA) is 49.4 Å². The Morgan fingerprint density at radius 1 is 1.15 bits per heavy atom. The van der Waals surface area contributed by atoms with Crippen LogP contribution in [0.1, 0.15) is 35.7 Å². The average Bonchev–Trinajstić information content (AvgIpc) is 3.27. The third-order valence-electron chi connectivity index (χ3n) is 5.07. The van der Waals surface area contributed by atoms with Crippen LogP contribution in [0.2, 0.25) is 0 Å². The average molecular weight is 366 g/mol. The van der Waals surface area contributed by atoms with Crippen molar-refractivity contribution in [2.24, 2.45) is 0 Å². The Morgan fingerprint density at radius 3 is 2.62 bits per heavy atom. The molecule has 0 radical (unpaired) electrons. The minimum Gasteiger partial charge on any atom is -0.351 e. The molecule has 0 saturated heterocycles. The molecule has 2 aromatic rings. The Balaban J connectivity index is 1.39. The molecular weight excluding hydrogens is 344 g/mol. The van der Waals surface area contributed by atoms with Gasteiger partial charge in [-0.3, -0.25) is 9.59 Å². The van der Waals surface area contributed by atoms with Crippen LogP contribution >= 0.6 is 11.8 Å². The van der Waals surface area contributed by atoms with Gasteiger partial charge >= 0.3 is 0 Å². The van der Waals surface area contributed by atoms with Gasteiger partial charge in [-0.05, 0) is 55.2 Å². The normalized spacial score (nSPS) is 16.9. The molecule has 0 spiro atoms. The van der Waals surface area contributed by atoms with Crippen molar-refractivity contribution in [3.05, 3.63) is 59.7 Å². The summed E-state index contributed by atoms with van der Waals surface area (Å²) >= 11 is 1.86. The first-order valence-corrected chi connectivity index (χ1v) is 9.81. The van der Waals surface area contributed by atoms with Crippen LogP contribution in [-0.2, 0) is 11.2 Å². The standard InChI is InChI=1S/C21H22N2O2S/c1-15(24)23-12-9-16-13-17(7-8-19(16)23)20(25)22-14-21(10-11-21)26-18-5-3-2-4-6-18/h2-8,13H,9-12,14H2,1H3,(H,22,25). The van der Waals surface area contributed by atoms with Gasteiger partial charge in [0.1, 0.15) is 0 Å². The Kier molecular flexibility index (Phi) is 4.49. The maximum absolute atomic E-state index is 12.6. The number of nitrogens with one attached hydrogen (secondary N) is 1. The number of thioether (sulfide) groups is 1. The van der Waals surface area contributed by atoms with Gasteiger partial charge < -0.3 is 10.2 Å². The first-order chi connectivity index (χ1) is 12.6. The second-order valence-corrected chi connectivity index (χ2v) is 8.59. The molecule has 26 heavy (non-hydrogen) atoms. The SMILES string of the molecule is CC(=O)N1CCc2cc(C(=O)NCC3(Sc4ccccc4)CC3)ccc21. The fraction of sp³-hybridized carbons (Fsp3) is 0.333. The van der Waals surface area contributed by atoms with Crippen LogP contribution in [-0.4, -0.2) is 29.7 Å². The Morgan fingerprint density at radius 2 is 1.92 bits per heavy atom. The molecule has 1 fully saturated rings. The number of hydrogen-bond acceptors (Lipinski definition) is 3. The van der Waals surface area contributed by atoms with E-state index >= 15 is 0 Å². The molecule has 134 valence electrons. The van der Waals surface area contributed by atoms with E-state index in [4.69, 9.17) is 0 Å². The van der Waals surface area contributed by atoms with Gasteiger partial charge in [0, 0.05) is 40.9 Å². The summed E-state index contributed by atoms with van der Waals surface area (Å²) in [6.07, 6.45) is 3.07. The molecule has 5 heteroatoms. The fourth-order valence-electron chi connectivity index (χ4n) is 3.41. The summed E-state index contributed by atoms with van der Waals surface area (Å²) in [5.74, 6) is 0.0172. The summed E-state index contributed by atoms with van der Waals surface area (Å²) in [7, 11) is 0. The minimum absolute atomic E-state index is 0.0333. The number of benzene rings is 2. The van der Waals surface area contributed by atoms with Crippen molar-refractivity contribution in [3.63, 3.8) is 0 Å². The zero-order chi connectivity index (χ0) is 18.1. The number of carbonyl (C=O) groups excluding carboxylic acids is 2. The smallest absolute Gasteiger partial charge is 0.251 e. The van der Waals surface area contributed by atoms with Gasteiger partial charge in [0.25, 0.3) is 5.91 Å². The molecule has 1 heterocycles. The van der Waals surface area contributed by atoms with Gasteiger partial charge in [-0.25, -0.2) is 0 Å². The van der Waals surface area contributed by atoms with Crippen molar-refractivity contribution < 1.29 is 9.59 Å². The molecule has 1 aliphatic heterocycles. The van der Waals surface area contributed by atoms with E-state index in [0.29, 0.717) is 18.7 Å². The summed E-state index contributed by atoms with van der Waals surface area (Å²) in [5.41, 5.74) is 2.69. The molecule has 1 aliphatic carbocycles. The first-order valence-electron chi connectivity index (χ1n) is 9.00. The highest BCUT2D eigenvalue weighted by Gasteiger charge is 2.44. The molecule has 4 nitrogen and oxygen atoms in total. The van der Waals surface area contributed by atoms with Gasteiger partial charge in [0.05, 0.1) is 0 Å². The lowest BCUT2D eigenvalue weighted by Gasteiger charge is -2.17. The zero-order valence-electron chi connectivity index (χ0n) is 14.8. The van der Waals surface area contributed by atoms with E-state index in [9.17, 15) is 9.59 Å². The maximum Gasteiger partial charge on any atom is 0.251 e. The van der Waals surface area contributed by atoms with Crippen LogP contribution in [0.25, 0.3) is 0 Å². The molecule has 1 saturated carbocycles. The summed E-state index contributed by atoms with van der Waals surface area (Å²) in [4.78, 5) is 27.2. The third-order valence-corrected chi connectivity index (χ3v) is 6.57. The maximum atomic E-state index is 12.6.